The highest BCUT2D eigenvalue weighted by Gasteiger charge is 2.29. The van der Waals surface area contributed by atoms with E-state index >= 15 is 0 Å². The van der Waals surface area contributed by atoms with Crippen LogP contribution >= 0.6 is 0 Å². The Hall–Kier alpha value is -3.16. The number of esters is 2. The molecule has 0 aromatic heterocycles. The first-order chi connectivity index (χ1) is 13.5. The number of ether oxygens (including phenoxy) is 2. The molecule has 0 fully saturated rings. The predicted molar refractivity (Wildman–Crippen MR) is 109 cm³/mol. The maximum atomic E-state index is 12.3. The zero-order valence-electron chi connectivity index (χ0n) is 17.7. The van der Waals surface area contributed by atoms with Gasteiger partial charge < -0.3 is 14.8 Å². The number of methoxy groups -OCH3 is 1. The fourth-order valence-electron chi connectivity index (χ4n) is 2.38. The van der Waals surface area contributed by atoms with Crippen molar-refractivity contribution in [3.05, 3.63) is 63.0 Å². The third kappa shape index (κ3) is 7.06. The summed E-state index contributed by atoms with van der Waals surface area (Å²) < 4.78 is 10.2. The number of hydrogen-bond donors (Lipinski definition) is 1. The fraction of sp³-hybridized carbons (Fsp3) is 0.429. The highest BCUT2D eigenvalue weighted by Crippen LogP contribution is 2.26. The minimum atomic E-state index is -0.522. The molecule has 0 unspecified atom stereocenters. The van der Waals surface area contributed by atoms with Gasteiger partial charge in [-0.3, -0.25) is 10.1 Å². The Morgan fingerprint density at radius 2 is 1.62 bits per heavy atom. The maximum absolute atomic E-state index is 12.3. The Kier molecular flexibility index (Phi) is 8.57. The van der Waals surface area contributed by atoms with E-state index < -0.39 is 22.5 Å². The first-order valence-corrected chi connectivity index (χ1v) is 9.20. The Balaban J connectivity index is 0.000000387. The van der Waals surface area contributed by atoms with Crippen LogP contribution in [0.1, 0.15) is 47.5 Å². The first kappa shape index (κ1) is 23.9. The van der Waals surface area contributed by atoms with E-state index in [-0.39, 0.29) is 12.1 Å². The number of nitrogens with one attached hydrogen (secondary N) is 1. The van der Waals surface area contributed by atoms with E-state index in [1.807, 2.05) is 20.8 Å². The van der Waals surface area contributed by atoms with Crippen LogP contribution in [0.4, 0.5) is 5.69 Å². The van der Waals surface area contributed by atoms with Crippen LogP contribution < -0.4 is 5.32 Å². The molecule has 0 saturated carbocycles. The van der Waals surface area contributed by atoms with Crippen molar-refractivity contribution in [2.24, 2.45) is 0 Å². The molecule has 2 rings (SSSR count). The van der Waals surface area contributed by atoms with Crippen molar-refractivity contribution < 1.29 is 24.0 Å². The van der Waals surface area contributed by atoms with Crippen molar-refractivity contribution in [1.29, 1.82) is 0 Å². The van der Waals surface area contributed by atoms with Gasteiger partial charge in [0.15, 0.2) is 0 Å². The number of carbonyl (C=O) groups excluding carboxylic acids is 2. The van der Waals surface area contributed by atoms with Crippen LogP contribution in [0, 0.1) is 10.1 Å². The number of nitro benzene ring substituents is 1. The average Bonchev–Trinajstić information content (AvgIpc) is 2.68. The number of para-hydroxylation sites is 1. The normalized spacial score (nSPS) is 13.7. The molecule has 0 atom stereocenters. The molecule has 8 nitrogen and oxygen atoms in total. The second-order valence-electron chi connectivity index (χ2n) is 7.10. The summed E-state index contributed by atoms with van der Waals surface area (Å²) in [7, 11) is 1.33. The summed E-state index contributed by atoms with van der Waals surface area (Å²) in [5, 5.41) is 13.0. The van der Waals surface area contributed by atoms with Crippen LogP contribution in [-0.4, -0.2) is 29.6 Å². The lowest BCUT2D eigenvalue weighted by Crippen LogP contribution is -2.31. The van der Waals surface area contributed by atoms with Gasteiger partial charge in [0.25, 0.3) is 5.69 Å². The van der Waals surface area contributed by atoms with E-state index in [4.69, 9.17) is 9.47 Å². The summed E-state index contributed by atoms with van der Waals surface area (Å²) in [6.45, 7) is 9.26. The lowest BCUT2D eigenvalue weighted by atomic mass is 9.97. The number of non-ortho nitro benzene ring substituents is 1. The van der Waals surface area contributed by atoms with Crippen molar-refractivity contribution in [1.82, 2.24) is 5.32 Å². The number of nitrogens with zero attached hydrogens (tertiary/aromatic N) is 1. The fourth-order valence-corrected chi connectivity index (χ4v) is 2.38. The molecule has 1 aliphatic heterocycles. The monoisotopic (exact) mass is 404 g/mol. The van der Waals surface area contributed by atoms with Gasteiger partial charge in [-0.2, -0.15) is 0 Å². The minimum absolute atomic E-state index is 0.137. The molecule has 1 heterocycles. The number of hydrogen-bond acceptors (Lipinski definition) is 7. The first-order valence-electron chi connectivity index (χ1n) is 9.20. The number of benzene rings is 1. The zero-order valence-corrected chi connectivity index (χ0v) is 17.7. The minimum Gasteiger partial charge on any atom is -0.466 e. The summed E-state index contributed by atoms with van der Waals surface area (Å²) in [5.74, 6) is -0.821. The SMILES string of the molecule is CCC(C)(C)OC(=O)C1=C(C)NC(C)=C(C(=O)OC)C1.O=[N+]([O-])c1ccccc1. The van der Waals surface area contributed by atoms with Gasteiger partial charge in [0.2, 0.25) is 0 Å². The van der Waals surface area contributed by atoms with Crippen molar-refractivity contribution in [2.75, 3.05) is 7.11 Å². The lowest BCUT2D eigenvalue weighted by molar-refractivity contribution is -0.384. The molecule has 1 N–H and O–H groups in total. The van der Waals surface area contributed by atoms with Crippen molar-refractivity contribution >= 4 is 17.6 Å². The van der Waals surface area contributed by atoms with Gasteiger partial charge in [0.1, 0.15) is 5.60 Å². The van der Waals surface area contributed by atoms with Gasteiger partial charge in [0.05, 0.1) is 23.2 Å². The lowest BCUT2D eigenvalue weighted by Gasteiger charge is -2.27. The molecule has 0 amide bonds. The van der Waals surface area contributed by atoms with Gasteiger partial charge in [-0.05, 0) is 34.1 Å². The van der Waals surface area contributed by atoms with E-state index in [0.717, 1.165) is 6.42 Å². The van der Waals surface area contributed by atoms with E-state index in [2.05, 4.69) is 5.32 Å². The standard InChI is InChI=1S/C15H23NO4.C6H5NO2/c1-7-15(4,5)20-14(18)12-8-11(13(17)19-6)9(2)16-10(12)3;8-7(9)6-4-2-1-3-5-6/h16H,7-8H2,1-6H3;1-5H. The third-order valence-corrected chi connectivity index (χ3v) is 4.50. The number of allylic oxidation sites excluding steroid dienone is 2. The maximum Gasteiger partial charge on any atom is 0.336 e. The molecule has 29 heavy (non-hydrogen) atoms. The molecule has 1 aromatic rings. The second kappa shape index (κ2) is 10.4. The van der Waals surface area contributed by atoms with Gasteiger partial charge in [0, 0.05) is 29.9 Å². The number of carbonyl (C=O) groups is 2. The Bertz CT molecular complexity index is 825. The highest BCUT2D eigenvalue weighted by atomic mass is 16.6. The van der Waals surface area contributed by atoms with Gasteiger partial charge in [-0.15, -0.1) is 0 Å². The Morgan fingerprint density at radius 3 is 2.03 bits per heavy atom. The van der Waals surface area contributed by atoms with Crippen molar-refractivity contribution in [3.63, 3.8) is 0 Å². The van der Waals surface area contributed by atoms with E-state index in [1.54, 1.807) is 32.0 Å². The number of nitro groups is 1. The van der Waals surface area contributed by atoms with E-state index in [1.165, 1.54) is 19.2 Å². The molecule has 0 bridgehead atoms. The van der Waals surface area contributed by atoms with Crippen molar-refractivity contribution in [3.8, 4) is 0 Å². The zero-order chi connectivity index (χ0) is 22.2. The molecule has 1 aliphatic rings. The third-order valence-electron chi connectivity index (χ3n) is 4.50. The van der Waals surface area contributed by atoms with Crippen LogP contribution in [0.25, 0.3) is 0 Å². The molecule has 158 valence electrons. The van der Waals surface area contributed by atoms with Crippen LogP contribution in [0.2, 0.25) is 0 Å². The van der Waals surface area contributed by atoms with Crippen LogP contribution in [-0.2, 0) is 19.1 Å². The van der Waals surface area contributed by atoms with Crippen LogP contribution in [0.3, 0.4) is 0 Å². The average molecular weight is 404 g/mol. The summed E-state index contributed by atoms with van der Waals surface area (Å²) in [6, 6.07) is 7.93. The Labute approximate surface area is 170 Å². The number of dihydropyridines is 1. The van der Waals surface area contributed by atoms with Gasteiger partial charge in [-0.25, -0.2) is 9.59 Å². The largest absolute Gasteiger partial charge is 0.466 e. The molecule has 1 aromatic carbocycles. The topological polar surface area (TPSA) is 108 Å². The summed E-state index contributed by atoms with van der Waals surface area (Å²) in [4.78, 5) is 33.5. The summed E-state index contributed by atoms with van der Waals surface area (Å²) >= 11 is 0. The highest BCUT2D eigenvalue weighted by molar-refractivity contribution is 5.96. The smallest absolute Gasteiger partial charge is 0.336 e. The predicted octanol–water partition coefficient (Wildman–Crippen LogP) is 4.03. The van der Waals surface area contributed by atoms with E-state index in [9.17, 15) is 19.7 Å². The molecule has 0 radical (unpaired) electrons. The quantitative estimate of drug-likeness (QED) is 0.448. The molecule has 0 spiro atoms. The van der Waals surface area contributed by atoms with Crippen LogP contribution in [0.15, 0.2) is 52.9 Å². The molecular formula is C21H28N2O6. The van der Waals surface area contributed by atoms with E-state index in [0.29, 0.717) is 22.5 Å². The molecule has 0 saturated heterocycles. The summed E-state index contributed by atoms with van der Waals surface area (Å²) in [6.07, 6.45) is 0.952. The van der Waals surface area contributed by atoms with Gasteiger partial charge >= 0.3 is 11.9 Å². The number of rotatable bonds is 5. The Morgan fingerprint density at radius 1 is 1.10 bits per heavy atom. The van der Waals surface area contributed by atoms with Crippen molar-refractivity contribution in [2.45, 2.75) is 53.1 Å². The molecular weight excluding hydrogens is 376 g/mol. The van der Waals surface area contributed by atoms with Gasteiger partial charge in [-0.1, -0.05) is 25.1 Å². The van der Waals surface area contributed by atoms with Crippen LogP contribution in [0.5, 0.6) is 0 Å². The second-order valence-corrected chi connectivity index (χ2v) is 7.10. The molecule has 0 aliphatic carbocycles. The molecule has 8 heteroatoms. The summed E-state index contributed by atoms with van der Waals surface area (Å²) in [5.41, 5.74) is 1.97.